The third-order valence-electron chi connectivity index (χ3n) is 1.80. The summed E-state index contributed by atoms with van der Waals surface area (Å²) in [6, 6.07) is 5.46. The molecule has 0 atom stereocenters. The van der Waals surface area contributed by atoms with Crippen LogP contribution in [0.4, 0.5) is 0 Å². The van der Waals surface area contributed by atoms with Gasteiger partial charge in [-0.25, -0.2) is 0 Å². The number of benzene rings is 1. The average molecular weight is 259 g/mol. The lowest BCUT2D eigenvalue weighted by molar-refractivity contribution is 0.378. The summed E-state index contributed by atoms with van der Waals surface area (Å²) in [4.78, 5) is 0. The smallest absolute Gasteiger partial charge is 0.169 e. The van der Waals surface area contributed by atoms with Gasteiger partial charge in [-0.1, -0.05) is 0 Å². The Bertz CT molecular complexity index is 450. The van der Waals surface area contributed by atoms with E-state index in [1.807, 2.05) is 12.1 Å². The molecule has 0 fully saturated rings. The first-order chi connectivity index (χ1) is 6.22. The van der Waals surface area contributed by atoms with E-state index in [9.17, 15) is 5.11 Å². The molecule has 2 aromatic rings. The minimum Gasteiger partial charge on any atom is -0.504 e. The Morgan fingerprint density at radius 2 is 2.23 bits per heavy atom. The zero-order valence-corrected chi connectivity index (χ0v) is 9.28. The standard InChI is InChI=1S/C9H7BrO2S/c1-12-9-5-4-8(10)13-7(5)3-2-6(9)11/h2-4,11H,1H3. The molecule has 2 rings (SSSR count). The summed E-state index contributed by atoms with van der Waals surface area (Å²) in [6.07, 6.45) is 0. The monoisotopic (exact) mass is 258 g/mol. The fourth-order valence-corrected chi connectivity index (χ4v) is 2.79. The quantitative estimate of drug-likeness (QED) is 0.850. The predicted octanol–water partition coefficient (Wildman–Crippen LogP) is 3.38. The van der Waals surface area contributed by atoms with Crippen molar-refractivity contribution in [3.8, 4) is 11.5 Å². The average Bonchev–Trinajstić information content (AvgIpc) is 2.45. The van der Waals surface area contributed by atoms with E-state index in [1.165, 1.54) is 0 Å². The summed E-state index contributed by atoms with van der Waals surface area (Å²) in [5.41, 5.74) is 0. The minimum atomic E-state index is 0.181. The van der Waals surface area contributed by atoms with Gasteiger partial charge in [0.15, 0.2) is 11.5 Å². The van der Waals surface area contributed by atoms with Gasteiger partial charge in [-0.2, -0.15) is 0 Å². The summed E-state index contributed by atoms with van der Waals surface area (Å²) < 4.78 is 7.24. The van der Waals surface area contributed by atoms with Crippen molar-refractivity contribution in [1.82, 2.24) is 0 Å². The van der Waals surface area contributed by atoms with Gasteiger partial charge in [-0.3, -0.25) is 0 Å². The highest BCUT2D eigenvalue weighted by Crippen LogP contribution is 2.40. The normalized spacial score (nSPS) is 10.6. The van der Waals surface area contributed by atoms with Crippen molar-refractivity contribution in [3.63, 3.8) is 0 Å². The summed E-state index contributed by atoms with van der Waals surface area (Å²) in [7, 11) is 1.56. The molecule has 1 N–H and O–H groups in total. The van der Waals surface area contributed by atoms with E-state index in [0.717, 1.165) is 13.9 Å². The Labute approximate surface area is 87.9 Å². The van der Waals surface area contributed by atoms with Crippen LogP contribution in [0.25, 0.3) is 10.1 Å². The molecule has 0 aliphatic carbocycles. The van der Waals surface area contributed by atoms with E-state index in [2.05, 4.69) is 15.9 Å². The fourth-order valence-electron chi connectivity index (χ4n) is 1.26. The Morgan fingerprint density at radius 3 is 2.92 bits per heavy atom. The molecule has 0 amide bonds. The van der Waals surface area contributed by atoms with Gasteiger partial charge in [0.1, 0.15) is 0 Å². The maximum Gasteiger partial charge on any atom is 0.169 e. The molecule has 13 heavy (non-hydrogen) atoms. The first-order valence-electron chi connectivity index (χ1n) is 3.67. The van der Waals surface area contributed by atoms with Crippen molar-refractivity contribution < 1.29 is 9.84 Å². The molecule has 1 heterocycles. The number of phenolic OH excluding ortho intramolecular Hbond substituents is 1. The van der Waals surface area contributed by atoms with Gasteiger partial charge in [0.2, 0.25) is 0 Å². The zero-order chi connectivity index (χ0) is 9.42. The van der Waals surface area contributed by atoms with Gasteiger partial charge in [0.25, 0.3) is 0 Å². The van der Waals surface area contributed by atoms with Crippen LogP contribution in [0.3, 0.4) is 0 Å². The largest absolute Gasteiger partial charge is 0.504 e. The fraction of sp³-hybridized carbons (Fsp3) is 0.111. The van der Waals surface area contributed by atoms with Crippen LogP contribution in [-0.4, -0.2) is 12.2 Å². The number of ether oxygens (including phenoxy) is 1. The molecule has 0 aliphatic rings. The van der Waals surface area contributed by atoms with Crippen molar-refractivity contribution in [3.05, 3.63) is 22.0 Å². The van der Waals surface area contributed by atoms with Crippen LogP contribution in [0.1, 0.15) is 0 Å². The Hall–Kier alpha value is -0.740. The van der Waals surface area contributed by atoms with Crippen LogP contribution in [0.15, 0.2) is 22.0 Å². The third kappa shape index (κ3) is 1.40. The molecule has 0 spiro atoms. The Balaban J connectivity index is 2.82. The van der Waals surface area contributed by atoms with Crippen LogP contribution in [-0.2, 0) is 0 Å². The highest BCUT2D eigenvalue weighted by atomic mass is 79.9. The molecule has 0 bridgehead atoms. The second-order valence-electron chi connectivity index (χ2n) is 2.58. The molecule has 1 aromatic heterocycles. The first-order valence-corrected chi connectivity index (χ1v) is 5.28. The number of fused-ring (bicyclic) bond motifs is 1. The third-order valence-corrected chi connectivity index (χ3v) is 3.41. The molecule has 4 heteroatoms. The lowest BCUT2D eigenvalue weighted by Crippen LogP contribution is -1.83. The number of methoxy groups -OCH3 is 1. The van der Waals surface area contributed by atoms with Crippen molar-refractivity contribution in [2.45, 2.75) is 0 Å². The molecule has 0 aliphatic heterocycles. The summed E-state index contributed by atoms with van der Waals surface area (Å²) >= 11 is 5.01. The van der Waals surface area contributed by atoms with E-state index in [0.29, 0.717) is 5.75 Å². The number of rotatable bonds is 1. The summed E-state index contributed by atoms with van der Waals surface area (Å²) in [6.45, 7) is 0. The Kier molecular flexibility index (Phi) is 2.17. The van der Waals surface area contributed by atoms with Crippen LogP contribution in [0.5, 0.6) is 11.5 Å². The molecule has 68 valence electrons. The van der Waals surface area contributed by atoms with Crippen molar-refractivity contribution in [2.24, 2.45) is 0 Å². The summed E-state index contributed by atoms with van der Waals surface area (Å²) in [5, 5.41) is 10.4. The summed E-state index contributed by atoms with van der Waals surface area (Å²) in [5.74, 6) is 0.722. The van der Waals surface area contributed by atoms with E-state index < -0.39 is 0 Å². The second kappa shape index (κ2) is 3.20. The lowest BCUT2D eigenvalue weighted by Gasteiger charge is -2.03. The number of thiophene rings is 1. The molecule has 0 unspecified atom stereocenters. The van der Waals surface area contributed by atoms with E-state index >= 15 is 0 Å². The van der Waals surface area contributed by atoms with Gasteiger partial charge in [-0.05, 0) is 34.1 Å². The maximum atomic E-state index is 9.48. The molecule has 0 radical (unpaired) electrons. The topological polar surface area (TPSA) is 29.5 Å². The minimum absolute atomic E-state index is 0.181. The molecule has 0 saturated carbocycles. The van der Waals surface area contributed by atoms with E-state index in [4.69, 9.17) is 4.74 Å². The first kappa shape index (κ1) is 8.84. The van der Waals surface area contributed by atoms with Crippen LogP contribution in [0, 0.1) is 0 Å². The molecule has 2 nitrogen and oxygen atoms in total. The number of aromatic hydroxyl groups is 1. The molecular weight excluding hydrogens is 252 g/mol. The van der Waals surface area contributed by atoms with Gasteiger partial charge in [0, 0.05) is 10.1 Å². The highest BCUT2D eigenvalue weighted by Gasteiger charge is 2.09. The molecular formula is C9H7BrO2S. The van der Waals surface area contributed by atoms with Crippen LogP contribution in [0.2, 0.25) is 0 Å². The maximum absolute atomic E-state index is 9.48. The van der Waals surface area contributed by atoms with Crippen molar-refractivity contribution in [2.75, 3.05) is 7.11 Å². The number of hydrogen-bond donors (Lipinski definition) is 1. The highest BCUT2D eigenvalue weighted by molar-refractivity contribution is 9.11. The zero-order valence-electron chi connectivity index (χ0n) is 6.87. The van der Waals surface area contributed by atoms with E-state index in [1.54, 1.807) is 24.5 Å². The second-order valence-corrected chi connectivity index (χ2v) is 5.04. The number of hydrogen-bond acceptors (Lipinski definition) is 3. The van der Waals surface area contributed by atoms with Gasteiger partial charge in [0.05, 0.1) is 10.9 Å². The Morgan fingerprint density at radius 1 is 1.46 bits per heavy atom. The van der Waals surface area contributed by atoms with Crippen LogP contribution >= 0.6 is 27.3 Å². The van der Waals surface area contributed by atoms with Crippen molar-refractivity contribution >= 4 is 37.4 Å². The molecule has 0 saturated heterocycles. The SMILES string of the molecule is COc1c(O)ccc2sc(Br)cc12. The predicted molar refractivity (Wildman–Crippen MR) is 57.7 cm³/mol. The van der Waals surface area contributed by atoms with E-state index in [-0.39, 0.29) is 5.75 Å². The van der Waals surface area contributed by atoms with Crippen molar-refractivity contribution in [1.29, 1.82) is 0 Å². The lowest BCUT2D eigenvalue weighted by atomic mass is 10.2. The van der Waals surface area contributed by atoms with Gasteiger partial charge >= 0.3 is 0 Å². The van der Waals surface area contributed by atoms with Gasteiger partial charge in [-0.15, -0.1) is 11.3 Å². The molecule has 1 aromatic carbocycles. The van der Waals surface area contributed by atoms with Gasteiger partial charge < -0.3 is 9.84 Å². The van der Waals surface area contributed by atoms with Crippen LogP contribution < -0.4 is 4.74 Å². The number of phenols is 1. The number of halogens is 1.